The standard InChI is InChI=1S/C38H70NO10P/c1-3-5-7-9-11-13-15-17-19-21-23-25-27-29-36(41)39-35(38(43)44)33-49-50(45,46)48-32-34(40)31-47-37(42)30-28-26-24-22-20-18-16-14-12-10-8-6-4-2/h8,10,14,16,34-35,40H,3-7,9,11-13,15,17-33H2,1-2H3,(H,39,41)(H,43,44)(H,45,46)/b10-8-,16-14-. The topological polar surface area (TPSA) is 169 Å². The van der Waals surface area contributed by atoms with E-state index in [4.69, 9.17) is 13.8 Å². The van der Waals surface area contributed by atoms with Crippen LogP contribution in [-0.2, 0) is 32.7 Å². The van der Waals surface area contributed by atoms with Gasteiger partial charge < -0.3 is 25.2 Å². The number of carboxylic acids is 1. The van der Waals surface area contributed by atoms with Crippen LogP contribution in [0.3, 0.4) is 0 Å². The van der Waals surface area contributed by atoms with Crippen molar-refractivity contribution in [1.82, 2.24) is 5.32 Å². The van der Waals surface area contributed by atoms with Crippen molar-refractivity contribution in [2.24, 2.45) is 0 Å². The van der Waals surface area contributed by atoms with E-state index in [0.717, 1.165) is 64.2 Å². The van der Waals surface area contributed by atoms with Crippen LogP contribution in [0.25, 0.3) is 0 Å². The molecule has 0 radical (unpaired) electrons. The van der Waals surface area contributed by atoms with Gasteiger partial charge in [0.1, 0.15) is 12.7 Å². The number of carboxylic acid groups (broad SMARTS) is 1. The number of esters is 1. The molecule has 0 aromatic rings. The molecule has 50 heavy (non-hydrogen) atoms. The van der Waals surface area contributed by atoms with Crippen molar-refractivity contribution >= 4 is 25.7 Å². The molecule has 0 aromatic heterocycles. The Hall–Kier alpha value is -2.04. The summed E-state index contributed by atoms with van der Waals surface area (Å²) in [6.45, 7) is 2.49. The van der Waals surface area contributed by atoms with E-state index in [0.29, 0.717) is 12.8 Å². The Bertz CT molecular complexity index is 958. The van der Waals surface area contributed by atoms with Crippen LogP contribution in [0.15, 0.2) is 24.3 Å². The first-order chi connectivity index (χ1) is 24.1. The van der Waals surface area contributed by atoms with Crippen LogP contribution >= 0.6 is 7.82 Å². The molecule has 292 valence electrons. The summed E-state index contributed by atoms with van der Waals surface area (Å²) in [7, 11) is -4.75. The fraction of sp³-hybridized carbons (Fsp3) is 0.816. The summed E-state index contributed by atoms with van der Waals surface area (Å²) >= 11 is 0. The van der Waals surface area contributed by atoms with Crippen molar-refractivity contribution in [3.63, 3.8) is 0 Å². The largest absolute Gasteiger partial charge is 0.480 e. The van der Waals surface area contributed by atoms with E-state index >= 15 is 0 Å². The number of nitrogens with one attached hydrogen (secondary N) is 1. The quantitative estimate of drug-likeness (QED) is 0.0211. The van der Waals surface area contributed by atoms with Crippen LogP contribution in [0.5, 0.6) is 0 Å². The number of aliphatic hydroxyl groups is 1. The first-order valence-electron chi connectivity index (χ1n) is 19.4. The van der Waals surface area contributed by atoms with E-state index in [1.54, 1.807) is 0 Å². The molecule has 0 aliphatic heterocycles. The second kappa shape index (κ2) is 34.1. The Morgan fingerprint density at radius 2 is 1.14 bits per heavy atom. The Kier molecular flexibility index (Phi) is 32.7. The normalized spacial score (nSPS) is 14.2. The van der Waals surface area contributed by atoms with Gasteiger partial charge in [-0.05, 0) is 38.5 Å². The number of ether oxygens (including phenoxy) is 1. The number of phosphoric ester groups is 1. The summed E-state index contributed by atoms with van der Waals surface area (Å²) in [6.07, 6.45) is 32.1. The van der Waals surface area contributed by atoms with Crippen molar-refractivity contribution in [2.45, 2.75) is 180 Å². The molecule has 4 N–H and O–H groups in total. The number of unbranched alkanes of at least 4 members (excludes halogenated alkanes) is 18. The SMILES string of the molecule is CCC/C=C\C/C=C\CCCCCCCC(=O)OCC(O)COP(=O)(O)OCC(NC(=O)CCCCCCCCCCCCCCC)C(=O)O. The number of rotatable bonds is 36. The minimum atomic E-state index is -4.75. The minimum Gasteiger partial charge on any atom is -0.480 e. The van der Waals surface area contributed by atoms with E-state index < -0.39 is 57.6 Å². The number of carbonyl (C=O) groups excluding carboxylic acids is 2. The van der Waals surface area contributed by atoms with E-state index in [2.05, 4.69) is 43.5 Å². The lowest BCUT2D eigenvalue weighted by Gasteiger charge is -2.18. The van der Waals surface area contributed by atoms with Gasteiger partial charge in [0.05, 0.1) is 13.2 Å². The number of hydrogen-bond acceptors (Lipinski definition) is 8. The maximum absolute atomic E-state index is 12.2. The zero-order chi connectivity index (χ0) is 37.1. The van der Waals surface area contributed by atoms with Crippen molar-refractivity contribution in [3.05, 3.63) is 24.3 Å². The van der Waals surface area contributed by atoms with Gasteiger partial charge in [-0.3, -0.25) is 18.6 Å². The van der Waals surface area contributed by atoms with Crippen LogP contribution in [0.4, 0.5) is 0 Å². The van der Waals surface area contributed by atoms with E-state index in [1.165, 1.54) is 64.2 Å². The summed E-state index contributed by atoms with van der Waals surface area (Å²) in [6, 6.07) is -1.54. The highest BCUT2D eigenvalue weighted by molar-refractivity contribution is 7.47. The predicted molar refractivity (Wildman–Crippen MR) is 199 cm³/mol. The molecule has 3 atom stereocenters. The molecule has 12 heteroatoms. The number of hydrogen-bond donors (Lipinski definition) is 4. The average Bonchev–Trinajstić information content (AvgIpc) is 3.08. The molecule has 1 amide bonds. The number of carbonyl (C=O) groups is 3. The summed E-state index contributed by atoms with van der Waals surface area (Å²) in [5.41, 5.74) is 0. The monoisotopic (exact) mass is 731 g/mol. The third-order valence-corrected chi connectivity index (χ3v) is 9.18. The summed E-state index contributed by atoms with van der Waals surface area (Å²) in [5, 5.41) is 21.7. The predicted octanol–water partition coefficient (Wildman–Crippen LogP) is 9.11. The highest BCUT2D eigenvalue weighted by atomic mass is 31.2. The molecule has 0 aromatic carbocycles. The molecule has 0 saturated heterocycles. The molecule has 11 nitrogen and oxygen atoms in total. The Labute approximate surface area is 302 Å². The number of allylic oxidation sites excluding steroid dienone is 4. The number of amides is 1. The molecular formula is C38H70NO10P. The summed E-state index contributed by atoms with van der Waals surface area (Å²) in [5.74, 6) is -2.39. The van der Waals surface area contributed by atoms with Gasteiger partial charge in [-0.15, -0.1) is 0 Å². The Morgan fingerprint density at radius 1 is 0.640 bits per heavy atom. The van der Waals surface area contributed by atoms with Crippen LogP contribution in [0, 0.1) is 0 Å². The first-order valence-corrected chi connectivity index (χ1v) is 20.9. The van der Waals surface area contributed by atoms with Gasteiger partial charge in [0.15, 0.2) is 6.04 Å². The molecule has 0 bridgehead atoms. The average molecular weight is 732 g/mol. The molecule has 0 saturated carbocycles. The van der Waals surface area contributed by atoms with Crippen LogP contribution in [0.2, 0.25) is 0 Å². The van der Waals surface area contributed by atoms with Crippen molar-refractivity contribution in [1.29, 1.82) is 0 Å². The van der Waals surface area contributed by atoms with Gasteiger partial charge in [-0.2, -0.15) is 0 Å². The lowest BCUT2D eigenvalue weighted by Crippen LogP contribution is -2.43. The smallest absolute Gasteiger partial charge is 0.472 e. The molecular weight excluding hydrogens is 661 g/mol. The molecule has 0 rings (SSSR count). The van der Waals surface area contributed by atoms with E-state index in [1.807, 2.05) is 0 Å². The number of aliphatic hydroxyl groups excluding tert-OH is 1. The molecule has 0 aliphatic carbocycles. The molecule has 0 fully saturated rings. The van der Waals surface area contributed by atoms with Crippen molar-refractivity contribution in [3.8, 4) is 0 Å². The number of aliphatic carboxylic acids is 1. The molecule has 3 unspecified atom stereocenters. The van der Waals surface area contributed by atoms with E-state index in [-0.39, 0.29) is 12.8 Å². The van der Waals surface area contributed by atoms with Crippen molar-refractivity contribution in [2.75, 3.05) is 19.8 Å². The van der Waals surface area contributed by atoms with Crippen LogP contribution in [-0.4, -0.2) is 64.9 Å². The van der Waals surface area contributed by atoms with Gasteiger partial charge >= 0.3 is 19.8 Å². The lowest BCUT2D eigenvalue weighted by molar-refractivity contribution is -0.147. The molecule has 0 heterocycles. The minimum absolute atomic E-state index is 0.148. The zero-order valence-corrected chi connectivity index (χ0v) is 32.1. The third-order valence-electron chi connectivity index (χ3n) is 8.22. The van der Waals surface area contributed by atoms with Gasteiger partial charge in [-0.1, -0.05) is 141 Å². The second-order valence-corrected chi connectivity index (χ2v) is 14.6. The third kappa shape index (κ3) is 33.1. The summed E-state index contributed by atoms with van der Waals surface area (Å²) in [4.78, 5) is 45.7. The van der Waals surface area contributed by atoms with E-state index in [9.17, 15) is 34.1 Å². The van der Waals surface area contributed by atoms with Crippen molar-refractivity contribution < 1.29 is 47.8 Å². The maximum atomic E-state index is 12.2. The zero-order valence-electron chi connectivity index (χ0n) is 31.2. The van der Waals surface area contributed by atoms with Gasteiger partial charge in [0, 0.05) is 12.8 Å². The summed E-state index contributed by atoms with van der Waals surface area (Å²) < 4.78 is 26.7. The fourth-order valence-electron chi connectivity index (χ4n) is 5.18. The first kappa shape index (κ1) is 48.0. The second-order valence-electron chi connectivity index (χ2n) is 13.1. The van der Waals surface area contributed by atoms with Crippen LogP contribution in [0.1, 0.15) is 168 Å². The lowest BCUT2D eigenvalue weighted by atomic mass is 10.0. The Balaban J connectivity index is 3.97. The maximum Gasteiger partial charge on any atom is 0.472 e. The van der Waals surface area contributed by atoms with Crippen LogP contribution < -0.4 is 5.32 Å². The fourth-order valence-corrected chi connectivity index (χ4v) is 5.95. The highest BCUT2D eigenvalue weighted by Crippen LogP contribution is 2.43. The molecule has 0 aliphatic rings. The van der Waals surface area contributed by atoms with Gasteiger partial charge in [0.2, 0.25) is 5.91 Å². The number of phosphoric acid groups is 1. The Morgan fingerprint density at radius 3 is 1.70 bits per heavy atom. The molecule has 0 spiro atoms. The highest BCUT2D eigenvalue weighted by Gasteiger charge is 2.28. The van der Waals surface area contributed by atoms with Gasteiger partial charge in [0.25, 0.3) is 0 Å². The van der Waals surface area contributed by atoms with Gasteiger partial charge in [-0.25, -0.2) is 9.36 Å².